The molecule has 4 amide bonds. The fourth-order valence-corrected chi connectivity index (χ4v) is 2.98. The van der Waals surface area contributed by atoms with Crippen LogP contribution in [0.5, 0.6) is 0 Å². The van der Waals surface area contributed by atoms with Crippen LogP contribution in [0, 0.1) is 5.92 Å². The maximum absolute atomic E-state index is 12.7. The number of primary amides is 1. The highest BCUT2D eigenvalue weighted by Crippen LogP contribution is 2.07. The fourth-order valence-electron chi connectivity index (χ4n) is 2.51. The SMILES string of the molecule is CSCCC(NC(=O)C(NC(=O)C(CC(N)=O)NC(=O)C(N)CC(=O)O)C(C)C)C(=O)O. The highest BCUT2D eigenvalue weighted by molar-refractivity contribution is 7.98. The van der Waals surface area contributed by atoms with E-state index in [1.165, 1.54) is 11.8 Å². The van der Waals surface area contributed by atoms with Crippen LogP contribution >= 0.6 is 11.8 Å². The molecule has 182 valence electrons. The number of hydrogen-bond donors (Lipinski definition) is 7. The van der Waals surface area contributed by atoms with Gasteiger partial charge >= 0.3 is 11.9 Å². The first-order chi connectivity index (χ1) is 14.8. The number of aliphatic carboxylic acids is 2. The van der Waals surface area contributed by atoms with Crippen molar-refractivity contribution in [2.24, 2.45) is 17.4 Å². The Morgan fingerprint density at radius 2 is 1.44 bits per heavy atom. The summed E-state index contributed by atoms with van der Waals surface area (Å²) in [6.45, 7) is 3.21. The van der Waals surface area contributed by atoms with E-state index in [0.29, 0.717) is 5.75 Å². The molecule has 0 spiro atoms. The van der Waals surface area contributed by atoms with Gasteiger partial charge in [0.1, 0.15) is 18.1 Å². The number of nitrogens with one attached hydrogen (secondary N) is 3. The second kappa shape index (κ2) is 14.2. The number of carboxylic acids is 2. The maximum atomic E-state index is 12.7. The van der Waals surface area contributed by atoms with Crippen molar-refractivity contribution in [3.8, 4) is 0 Å². The smallest absolute Gasteiger partial charge is 0.326 e. The Morgan fingerprint density at radius 3 is 1.88 bits per heavy atom. The summed E-state index contributed by atoms with van der Waals surface area (Å²) < 4.78 is 0. The van der Waals surface area contributed by atoms with E-state index in [2.05, 4.69) is 16.0 Å². The standard InChI is InChI=1S/C18H31N5O8S/c1-8(2)14(17(29)21-10(18(30)31)4-5-32-3)23-16(28)11(7-12(20)24)22-15(27)9(19)6-13(25)26/h8-11,14H,4-7,19H2,1-3H3,(H2,20,24)(H,21,29)(H,22,27)(H,23,28)(H,25,26)(H,30,31). The second-order valence-corrected chi connectivity index (χ2v) is 8.33. The zero-order valence-electron chi connectivity index (χ0n) is 18.1. The number of nitrogens with two attached hydrogens (primary N) is 2. The summed E-state index contributed by atoms with van der Waals surface area (Å²) >= 11 is 1.41. The molecule has 0 saturated heterocycles. The molecule has 4 unspecified atom stereocenters. The molecule has 32 heavy (non-hydrogen) atoms. The maximum Gasteiger partial charge on any atom is 0.326 e. The number of carbonyl (C=O) groups excluding carboxylic acids is 4. The normalized spacial score (nSPS) is 14.5. The molecule has 0 aliphatic heterocycles. The van der Waals surface area contributed by atoms with Gasteiger partial charge in [-0.05, 0) is 24.3 Å². The molecule has 0 aliphatic rings. The number of rotatable bonds is 15. The molecular weight excluding hydrogens is 446 g/mol. The van der Waals surface area contributed by atoms with E-state index >= 15 is 0 Å². The van der Waals surface area contributed by atoms with Crippen LogP contribution in [0.15, 0.2) is 0 Å². The highest BCUT2D eigenvalue weighted by atomic mass is 32.2. The summed E-state index contributed by atoms with van der Waals surface area (Å²) in [5.74, 6) is -6.19. The van der Waals surface area contributed by atoms with Crippen molar-refractivity contribution in [3.63, 3.8) is 0 Å². The average Bonchev–Trinajstić information content (AvgIpc) is 2.66. The van der Waals surface area contributed by atoms with Gasteiger partial charge in [0.2, 0.25) is 23.6 Å². The van der Waals surface area contributed by atoms with Gasteiger partial charge in [-0.15, -0.1) is 0 Å². The summed E-state index contributed by atoms with van der Waals surface area (Å²) in [6, 6.07) is -5.34. The van der Waals surface area contributed by atoms with Crippen molar-refractivity contribution in [2.75, 3.05) is 12.0 Å². The van der Waals surface area contributed by atoms with Gasteiger partial charge in [0, 0.05) is 0 Å². The molecular formula is C18H31N5O8S. The topological polar surface area (TPSA) is 231 Å². The van der Waals surface area contributed by atoms with Gasteiger partial charge in [-0.3, -0.25) is 24.0 Å². The van der Waals surface area contributed by atoms with Gasteiger partial charge in [0.15, 0.2) is 0 Å². The van der Waals surface area contributed by atoms with Crippen LogP contribution in [-0.2, 0) is 28.8 Å². The summed E-state index contributed by atoms with van der Waals surface area (Å²) in [4.78, 5) is 70.8. The second-order valence-electron chi connectivity index (χ2n) is 7.35. The quantitative estimate of drug-likeness (QED) is 0.132. The third-order valence-corrected chi connectivity index (χ3v) is 4.89. The van der Waals surface area contributed by atoms with E-state index in [-0.39, 0.29) is 6.42 Å². The molecule has 0 aromatic rings. The Morgan fingerprint density at radius 1 is 0.875 bits per heavy atom. The van der Waals surface area contributed by atoms with Gasteiger partial charge in [-0.2, -0.15) is 11.8 Å². The van der Waals surface area contributed by atoms with Crippen molar-refractivity contribution in [3.05, 3.63) is 0 Å². The predicted octanol–water partition coefficient (Wildman–Crippen LogP) is -2.39. The predicted molar refractivity (Wildman–Crippen MR) is 115 cm³/mol. The van der Waals surface area contributed by atoms with Gasteiger partial charge in [0.25, 0.3) is 0 Å². The van der Waals surface area contributed by atoms with E-state index in [1.54, 1.807) is 20.1 Å². The molecule has 0 fully saturated rings. The van der Waals surface area contributed by atoms with E-state index in [1.807, 2.05) is 0 Å². The fraction of sp³-hybridized carbons (Fsp3) is 0.667. The molecule has 0 bridgehead atoms. The first-order valence-corrected chi connectivity index (χ1v) is 11.1. The van der Waals surface area contributed by atoms with Crippen LogP contribution in [0.25, 0.3) is 0 Å². The Kier molecular flexibility index (Phi) is 13.0. The molecule has 0 aromatic carbocycles. The Bertz CT molecular complexity index is 717. The lowest BCUT2D eigenvalue weighted by Gasteiger charge is -2.26. The average molecular weight is 478 g/mol. The lowest BCUT2D eigenvalue weighted by atomic mass is 10.0. The van der Waals surface area contributed by atoms with Gasteiger partial charge in [-0.1, -0.05) is 13.8 Å². The monoisotopic (exact) mass is 477 g/mol. The Balaban J connectivity index is 5.41. The lowest BCUT2D eigenvalue weighted by molar-refractivity contribution is -0.142. The minimum atomic E-state index is -1.51. The summed E-state index contributed by atoms with van der Waals surface area (Å²) in [5, 5.41) is 24.9. The van der Waals surface area contributed by atoms with Crippen molar-refractivity contribution in [1.29, 1.82) is 0 Å². The first-order valence-electron chi connectivity index (χ1n) is 9.68. The number of carboxylic acid groups (broad SMARTS) is 2. The molecule has 4 atom stereocenters. The van der Waals surface area contributed by atoms with E-state index in [0.717, 1.165) is 0 Å². The molecule has 0 aromatic heterocycles. The van der Waals surface area contributed by atoms with Crippen LogP contribution < -0.4 is 27.4 Å². The van der Waals surface area contributed by atoms with Crippen molar-refractivity contribution in [1.82, 2.24) is 16.0 Å². The Hall–Kier alpha value is -2.87. The van der Waals surface area contributed by atoms with Gasteiger partial charge in [0.05, 0.1) is 18.9 Å². The van der Waals surface area contributed by atoms with Gasteiger partial charge < -0.3 is 37.6 Å². The number of amides is 4. The third-order valence-electron chi connectivity index (χ3n) is 4.24. The van der Waals surface area contributed by atoms with E-state index < -0.39 is 78.5 Å². The van der Waals surface area contributed by atoms with Crippen LogP contribution in [0.2, 0.25) is 0 Å². The molecule has 0 heterocycles. The molecule has 13 nitrogen and oxygen atoms in total. The molecule has 0 rings (SSSR count). The van der Waals surface area contributed by atoms with E-state index in [4.69, 9.17) is 16.6 Å². The summed E-state index contributed by atoms with van der Waals surface area (Å²) in [5.41, 5.74) is 10.6. The zero-order chi connectivity index (χ0) is 25.0. The van der Waals surface area contributed by atoms with Crippen LogP contribution in [0.4, 0.5) is 0 Å². The minimum absolute atomic E-state index is 0.169. The first kappa shape index (κ1) is 29.1. The van der Waals surface area contributed by atoms with Crippen LogP contribution in [0.3, 0.4) is 0 Å². The molecule has 0 saturated carbocycles. The summed E-state index contributed by atoms with van der Waals surface area (Å²) in [6.07, 6.45) is 0.617. The lowest BCUT2D eigenvalue weighted by Crippen LogP contribution is -2.59. The molecule has 0 radical (unpaired) electrons. The Labute approximate surface area is 189 Å². The number of carbonyl (C=O) groups is 6. The largest absolute Gasteiger partial charge is 0.481 e. The number of hydrogen-bond acceptors (Lipinski definition) is 8. The minimum Gasteiger partial charge on any atom is -0.481 e. The van der Waals surface area contributed by atoms with Crippen molar-refractivity contribution in [2.45, 2.75) is 57.3 Å². The van der Waals surface area contributed by atoms with Gasteiger partial charge in [-0.25, -0.2) is 4.79 Å². The highest BCUT2D eigenvalue weighted by Gasteiger charge is 2.32. The zero-order valence-corrected chi connectivity index (χ0v) is 18.9. The molecule has 0 aliphatic carbocycles. The van der Waals surface area contributed by atoms with E-state index in [9.17, 15) is 33.9 Å². The molecule has 9 N–H and O–H groups in total. The molecule has 14 heteroatoms. The number of thioether (sulfide) groups is 1. The third kappa shape index (κ3) is 10.9. The van der Waals surface area contributed by atoms with Crippen LogP contribution in [0.1, 0.15) is 33.1 Å². The van der Waals surface area contributed by atoms with Crippen molar-refractivity contribution >= 4 is 47.3 Å². The summed E-state index contributed by atoms with van der Waals surface area (Å²) in [7, 11) is 0. The van der Waals surface area contributed by atoms with Crippen molar-refractivity contribution < 1.29 is 39.0 Å². The van der Waals surface area contributed by atoms with Crippen LogP contribution in [-0.4, -0.2) is 82.0 Å².